The van der Waals surface area contributed by atoms with Gasteiger partial charge in [0, 0.05) is 26.2 Å². The van der Waals surface area contributed by atoms with Crippen LogP contribution in [0.3, 0.4) is 0 Å². The molecule has 0 heterocycles. The first kappa shape index (κ1) is 18.0. The van der Waals surface area contributed by atoms with Crippen LogP contribution >= 0.6 is 24.0 Å². The molecule has 0 aromatic heterocycles. The Balaban J connectivity index is 0.00000289. The Morgan fingerprint density at radius 3 is 2.56 bits per heavy atom. The molecule has 1 rings (SSSR count). The number of rotatable bonds is 7. The molecular formula is C13H28IN3O. The molecule has 1 saturated carbocycles. The smallest absolute Gasteiger partial charge is 0.191 e. The van der Waals surface area contributed by atoms with Crippen LogP contribution in [-0.2, 0) is 4.74 Å². The highest BCUT2D eigenvalue weighted by atomic mass is 127. The van der Waals surface area contributed by atoms with Crippen molar-refractivity contribution >= 4 is 29.9 Å². The summed E-state index contributed by atoms with van der Waals surface area (Å²) in [7, 11) is 1.81. The molecule has 108 valence electrons. The zero-order chi connectivity index (χ0) is 12.7. The number of guanidine groups is 1. The molecule has 0 aromatic rings. The monoisotopic (exact) mass is 369 g/mol. The molecule has 0 aromatic carbocycles. The highest BCUT2D eigenvalue weighted by Gasteiger charge is 2.33. The summed E-state index contributed by atoms with van der Waals surface area (Å²) < 4.78 is 5.54. The summed E-state index contributed by atoms with van der Waals surface area (Å²) in [6.45, 7) is 9.09. The molecule has 0 bridgehead atoms. The van der Waals surface area contributed by atoms with Crippen molar-refractivity contribution in [1.82, 2.24) is 10.6 Å². The number of aliphatic imine (C=N–C) groups is 1. The number of halogens is 1. The summed E-state index contributed by atoms with van der Waals surface area (Å²) in [5.74, 6) is 2.40. The SMILES string of the molecule is CN=C(NCCOCCC(C)C)NC1CC1C.I. The van der Waals surface area contributed by atoms with E-state index in [0.717, 1.165) is 38.1 Å². The largest absolute Gasteiger partial charge is 0.380 e. The van der Waals surface area contributed by atoms with E-state index in [4.69, 9.17) is 4.74 Å². The third kappa shape index (κ3) is 8.13. The van der Waals surface area contributed by atoms with Crippen molar-refractivity contribution in [3.63, 3.8) is 0 Å². The average molecular weight is 369 g/mol. The fraction of sp³-hybridized carbons (Fsp3) is 0.923. The van der Waals surface area contributed by atoms with E-state index in [2.05, 4.69) is 36.4 Å². The molecular weight excluding hydrogens is 341 g/mol. The van der Waals surface area contributed by atoms with Crippen molar-refractivity contribution in [2.24, 2.45) is 16.8 Å². The predicted molar refractivity (Wildman–Crippen MR) is 87.8 cm³/mol. The molecule has 1 fully saturated rings. The summed E-state index contributed by atoms with van der Waals surface area (Å²) >= 11 is 0. The van der Waals surface area contributed by atoms with Gasteiger partial charge in [-0.2, -0.15) is 0 Å². The Morgan fingerprint density at radius 1 is 1.39 bits per heavy atom. The normalized spacial score (nSPS) is 22.6. The van der Waals surface area contributed by atoms with Gasteiger partial charge in [0.1, 0.15) is 0 Å². The number of nitrogens with one attached hydrogen (secondary N) is 2. The maximum absolute atomic E-state index is 5.54. The van der Waals surface area contributed by atoms with Crippen molar-refractivity contribution in [3.05, 3.63) is 0 Å². The molecule has 2 unspecified atom stereocenters. The Bertz CT molecular complexity index is 246. The van der Waals surface area contributed by atoms with E-state index >= 15 is 0 Å². The average Bonchev–Trinajstić information content (AvgIpc) is 2.97. The fourth-order valence-electron chi connectivity index (χ4n) is 1.56. The lowest BCUT2D eigenvalue weighted by Crippen LogP contribution is -2.40. The summed E-state index contributed by atoms with van der Waals surface area (Å²) in [6.07, 6.45) is 2.39. The van der Waals surface area contributed by atoms with Crippen LogP contribution < -0.4 is 10.6 Å². The summed E-state index contributed by atoms with van der Waals surface area (Å²) in [6, 6.07) is 0.614. The maximum atomic E-state index is 5.54. The first-order valence-corrected chi connectivity index (χ1v) is 6.68. The Kier molecular flexibility index (Phi) is 9.81. The van der Waals surface area contributed by atoms with Crippen LogP contribution in [0, 0.1) is 11.8 Å². The molecule has 0 radical (unpaired) electrons. The Hall–Kier alpha value is -0.0400. The topological polar surface area (TPSA) is 45.7 Å². The highest BCUT2D eigenvalue weighted by molar-refractivity contribution is 14.0. The molecule has 0 spiro atoms. The maximum Gasteiger partial charge on any atom is 0.191 e. The van der Waals surface area contributed by atoms with Crippen LogP contribution in [0.1, 0.15) is 33.6 Å². The minimum Gasteiger partial charge on any atom is -0.380 e. The molecule has 2 atom stereocenters. The molecule has 2 N–H and O–H groups in total. The predicted octanol–water partition coefficient (Wildman–Crippen LogP) is 2.24. The standard InChI is InChI=1S/C13H27N3O.HI/c1-10(2)5-7-17-8-6-15-13(14-4)16-12-9-11(12)3;/h10-12H,5-9H2,1-4H3,(H2,14,15,16);1H. The van der Waals surface area contributed by atoms with E-state index in [9.17, 15) is 0 Å². The van der Waals surface area contributed by atoms with E-state index in [-0.39, 0.29) is 24.0 Å². The lowest BCUT2D eigenvalue weighted by Gasteiger charge is -2.12. The van der Waals surface area contributed by atoms with Gasteiger partial charge in [0.15, 0.2) is 5.96 Å². The second-order valence-electron chi connectivity index (χ2n) is 5.26. The first-order valence-electron chi connectivity index (χ1n) is 6.68. The van der Waals surface area contributed by atoms with Crippen LogP contribution in [0.5, 0.6) is 0 Å². The Morgan fingerprint density at radius 2 is 2.06 bits per heavy atom. The quantitative estimate of drug-likeness (QED) is 0.313. The summed E-state index contributed by atoms with van der Waals surface area (Å²) in [4.78, 5) is 4.19. The van der Waals surface area contributed by atoms with Crippen LogP contribution in [0.25, 0.3) is 0 Å². The zero-order valence-corrected chi connectivity index (χ0v) is 14.4. The molecule has 1 aliphatic carbocycles. The van der Waals surface area contributed by atoms with E-state index < -0.39 is 0 Å². The second kappa shape index (κ2) is 9.83. The third-order valence-corrected chi connectivity index (χ3v) is 3.03. The lowest BCUT2D eigenvalue weighted by atomic mass is 10.1. The summed E-state index contributed by atoms with van der Waals surface area (Å²) in [5.41, 5.74) is 0. The number of ether oxygens (including phenoxy) is 1. The van der Waals surface area contributed by atoms with E-state index in [1.165, 1.54) is 6.42 Å². The van der Waals surface area contributed by atoms with Crippen molar-refractivity contribution in [1.29, 1.82) is 0 Å². The lowest BCUT2D eigenvalue weighted by molar-refractivity contribution is 0.128. The number of hydrogen-bond donors (Lipinski definition) is 2. The highest BCUT2D eigenvalue weighted by Crippen LogP contribution is 2.28. The van der Waals surface area contributed by atoms with Crippen molar-refractivity contribution in [3.8, 4) is 0 Å². The zero-order valence-electron chi connectivity index (χ0n) is 12.0. The molecule has 0 amide bonds. The molecule has 5 heteroatoms. The van der Waals surface area contributed by atoms with Gasteiger partial charge in [-0.25, -0.2) is 0 Å². The molecule has 1 aliphatic rings. The van der Waals surface area contributed by atoms with Gasteiger partial charge >= 0.3 is 0 Å². The van der Waals surface area contributed by atoms with Gasteiger partial charge in [-0.1, -0.05) is 20.8 Å². The van der Waals surface area contributed by atoms with Gasteiger partial charge in [0.25, 0.3) is 0 Å². The molecule has 18 heavy (non-hydrogen) atoms. The van der Waals surface area contributed by atoms with E-state index in [1.54, 1.807) is 0 Å². The van der Waals surface area contributed by atoms with Crippen LogP contribution in [0.2, 0.25) is 0 Å². The summed E-state index contributed by atoms with van der Waals surface area (Å²) in [5, 5.41) is 6.65. The molecule has 4 nitrogen and oxygen atoms in total. The number of hydrogen-bond acceptors (Lipinski definition) is 2. The Labute approximate surface area is 128 Å². The van der Waals surface area contributed by atoms with Gasteiger partial charge in [0.2, 0.25) is 0 Å². The van der Waals surface area contributed by atoms with Crippen LogP contribution in [0.4, 0.5) is 0 Å². The van der Waals surface area contributed by atoms with E-state index in [0.29, 0.717) is 12.0 Å². The number of nitrogens with zero attached hydrogens (tertiary/aromatic N) is 1. The van der Waals surface area contributed by atoms with Gasteiger partial charge in [-0.3, -0.25) is 4.99 Å². The third-order valence-electron chi connectivity index (χ3n) is 3.03. The first-order chi connectivity index (χ1) is 8.13. The fourth-order valence-corrected chi connectivity index (χ4v) is 1.56. The van der Waals surface area contributed by atoms with Gasteiger partial charge < -0.3 is 15.4 Å². The van der Waals surface area contributed by atoms with E-state index in [1.807, 2.05) is 7.05 Å². The minimum absolute atomic E-state index is 0. The van der Waals surface area contributed by atoms with Crippen molar-refractivity contribution in [2.45, 2.75) is 39.7 Å². The van der Waals surface area contributed by atoms with Gasteiger partial charge in [0.05, 0.1) is 6.61 Å². The molecule has 0 saturated heterocycles. The van der Waals surface area contributed by atoms with Crippen molar-refractivity contribution < 1.29 is 4.74 Å². The minimum atomic E-state index is 0. The second-order valence-corrected chi connectivity index (χ2v) is 5.26. The van der Waals surface area contributed by atoms with Crippen LogP contribution in [-0.4, -0.2) is 38.8 Å². The van der Waals surface area contributed by atoms with Gasteiger partial charge in [-0.15, -0.1) is 24.0 Å². The van der Waals surface area contributed by atoms with Gasteiger partial charge in [-0.05, 0) is 24.7 Å². The van der Waals surface area contributed by atoms with Crippen LogP contribution in [0.15, 0.2) is 4.99 Å². The van der Waals surface area contributed by atoms with Crippen molar-refractivity contribution in [2.75, 3.05) is 26.8 Å². The molecule has 0 aliphatic heterocycles.